The Morgan fingerprint density at radius 2 is 1.82 bits per heavy atom. The number of sulfone groups is 1. The maximum absolute atomic E-state index is 13.1. The Balaban J connectivity index is 1.51. The molecule has 0 saturated carbocycles. The summed E-state index contributed by atoms with van der Waals surface area (Å²) in [6, 6.07) is 17.4. The first-order valence-corrected chi connectivity index (χ1v) is 12.6. The van der Waals surface area contributed by atoms with Crippen molar-refractivity contribution in [2.45, 2.75) is 19.0 Å². The molecule has 0 spiro atoms. The molecule has 7 nitrogen and oxygen atoms in total. The van der Waals surface area contributed by atoms with Gasteiger partial charge in [-0.3, -0.25) is 4.79 Å². The first-order chi connectivity index (χ1) is 15.8. The van der Waals surface area contributed by atoms with Crippen molar-refractivity contribution in [1.29, 1.82) is 0 Å². The van der Waals surface area contributed by atoms with Gasteiger partial charge in [-0.15, -0.1) is 0 Å². The lowest BCUT2D eigenvalue weighted by Crippen LogP contribution is -2.43. The zero-order valence-corrected chi connectivity index (χ0v) is 19.6. The van der Waals surface area contributed by atoms with E-state index in [2.05, 4.69) is 0 Å². The molecule has 1 aromatic heterocycles. The van der Waals surface area contributed by atoms with Gasteiger partial charge in [0.25, 0.3) is 5.91 Å². The molecule has 0 unspecified atom stereocenters. The Kier molecular flexibility index (Phi) is 6.95. The van der Waals surface area contributed by atoms with Gasteiger partial charge in [0.1, 0.15) is 11.5 Å². The molecule has 1 saturated heterocycles. The van der Waals surface area contributed by atoms with Gasteiger partial charge < -0.3 is 18.8 Å². The molecule has 2 aromatic carbocycles. The largest absolute Gasteiger partial charge is 0.493 e. The predicted octanol–water partition coefficient (Wildman–Crippen LogP) is 4.20. The van der Waals surface area contributed by atoms with Gasteiger partial charge in [-0.25, -0.2) is 8.42 Å². The Hall–Kier alpha value is -2.97. The highest BCUT2D eigenvalue weighted by molar-refractivity contribution is 7.91. The molecule has 2 heterocycles. The normalized spacial score (nSPS) is 17.0. The van der Waals surface area contributed by atoms with Crippen LogP contribution in [0.4, 0.5) is 0 Å². The highest BCUT2D eigenvalue weighted by atomic mass is 35.5. The van der Waals surface area contributed by atoms with Gasteiger partial charge in [0.15, 0.2) is 27.9 Å². The van der Waals surface area contributed by atoms with Gasteiger partial charge in [0.2, 0.25) is 0 Å². The number of ether oxygens (including phenoxy) is 2. The number of methoxy groups -OCH3 is 1. The summed E-state index contributed by atoms with van der Waals surface area (Å²) in [5.41, 5.74) is 0.853. The summed E-state index contributed by atoms with van der Waals surface area (Å²) in [4.78, 5) is 14.7. The van der Waals surface area contributed by atoms with Crippen LogP contribution in [-0.4, -0.2) is 50.5 Å². The summed E-state index contributed by atoms with van der Waals surface area (Å²) in [5.74, 6) is 1.80. The van der Waals surface area contributed by atoms with Crippen molar-refractivity contribution in [1.82, 2.24) is 4.90 Å². The standard InChI is InChI=1S/C24H24ClNO6S/c1-30-22-4-2-3-5-23(22)31-15-24(27)26(19-12-13-33(28,29)16-19)14-20-10-11-21(32-20)17-6-8-18(25)9-7-17/h2-11,19H,12-16H2,1H3/t19-/m0/s1. The fraction of sp³-hybridized carbons (Fsp3) is 0.292. The molecule has 174 valence electrons. The highest BCUT2D eigenvalue weighted by Gasteiger charge is 2.35. The molecule has 1 amide bonds. The lowest BCUT2D eigenvalue weighted by atomic mass is 10.2. The van der Waals surface area contributed by atoms with Crippen LogP contribution in [-0.2, 0) is 21.2 Å². The SMILES string of the molecule is COc1ccccc1OCC(=O)N(Cc1ccc(-c2ccc(Cl)cc2)o1)[C@H]1CCS(=O)(=O)C1. The minimum absolute atomic E-state index is 0.0585. The minimum atomic E-state index is -3.18. The van der Waals surface area contributed by atoms with E-state index in [0.717, 1.165) is 5.56 Å². The van der Waals surface area contributed by atoms with E-state index in [1.165, 1.54) is 12.0 Å². The molecule has 1 aliphatic rings. The van der Waals surface area contributed by atoms with Crippen LogP contribution in [0.25, 0.3) is 11.3 Å². The minimum Gasteiger partial charge on any atom is -0.493 e. The Labute approximate surface area is 197 Å². The van der Waals surface area contributed by atoms with E-state index in [9.17, 15) is 13.2 Å². The van der Waals surface area contributed by atoms with Crippen molar-refractivity contribution in [2.24, 2.45) is 0 Å². The van der Waals surface area contributed by atoms with Gasteiger partial charge in [0.05, 0.1) is 25.2 Å². The number of hydrogen-bond donors (Lipinski definition) is 0. The topological polar surface area (TPSA) is 86.1 Å². The average Bonchev–Trinajstić information content (AvgIpc) is 3.42. The van der Waals surface area contributed by atoms with Gasteiger partial charge in [-0.05, 0) is 55.0 Å². The van der Waals surface area contributed by atoms with E-state index < -0.39 is 15.9 Å². The molecule has 4 rings (SSSR count). The van der Waals surface area contributed by atoms with E-state index in [1.54, 1.807) is 42.5 Å². The molecule has 1 aliphatic heterocycles. The summed E-state index contributed by atoms with van der Waals surface area (Å²) < 4.78 is 41.1. The van der Waals surface area contributed by atoms with Gasteiger partial charge >= 0.3 is 0 Å². The molecular weight excluding hydrogens is 466 g/mol. The molecule has 1 atom stereocenters. The van der Waals surface area contributed by atoms with Crippen molar-refractivity contribution < 1.29 is 27.1 Å². The molecular formula is C24H24ClNO6S. The second kappa shape index (κ2) is 9.89. The number of para-hydroxylation sites is 2. The lowest BCUT2D eigenvalue weighted by Gasteiger charge is -2.27. The first-order valence-electron chi connectivity index (χ1n) is 10.4. The van der Waals surface area contributed by atoms with Crippen LogP contribution < -0.4 is 9.47 Å². The van der Waals surface area contributed by atoms with E-state index in [0.29, 0.717) is 34.5 Å². The fourth-order valence-electron chi connectivity index (χ4n) is 3.80. The van der Waals surface area contributed by atoms with Gasteiger partial charge in [-0.1, -0.05) is 23.7 Å². The Bertz CT molecular complexity index is 1220. The van der Waals surface area contributed by atoms with Crippen molar-refractivity contribution >= 4 is 27.3 Å². The number of nitrogens with zero attached hydrogens (tertiary/aromatic N) is 1. The summed E-state index contributed by atoms with van der Waals surface area (Å²) >= 11 is 5.95. The van der Waals surface area contributed by atoms with Crippen LogP contribution in [0.15, 0.2) is 65.1 Å². The monoisotopic (exact) mass is 489 g/mol. The van der Waals surface area contributed by atoms with Crippen LogP contribution >= 0.6 is 11.6 Å². The summed E-state index contributed by atoms with van der Waals surface area (Å²) in [6.45, 7) is -0.108. The van der Waals surface area contributed by atoms with Crippen molar-refractivity contribution in [2.75, 3.05) is 25.2 Å². The number of rotatable bonds is 8. The predicted molar refractivity (Wildman–Crippen MR) is 125 cm³/mol. The zero-order valence-electron chi connectivity index (χ0n) is 18.1. The van der Waals surface area contributed by atoms with Crippen LogP contribution in [0.3, 0.4) is 0 Å². The fourth-order valence-corrected chi connectivity index (χ4v) is 5.66. The van der Waals surface area contributed by atoms with E-state index in [-0.39, 0.29) is 30.6 Å². The lowest BCUT2D eigenvalue weighted by molar-refractivity contribution is -0.136. The number of carbonyl (C=O) groups excluding carboxylic acids is 1. The molecule has 1 fully saturated rings. The van der Waals surface area contributed by atoms with E-state index >= 15 is 0 Å². The summed E-state index contributed by atoms with van der Waals surface area (Å²) in [6.07, 6.45) is 0.382. The molecule has 0 radical (unpaired) electrons. The summed E-state index contributed by atoms with van der Waals surface area (Å²) in [5, 5.41) is 0.625. The first kappa shape index (κ1) is 23.2. The Morgan fingerprint density at radius 1 is 1.09 bits per heavy atom. The smallest absolute Gasteiger partial charge is 0.261 e. The number of amides is 1. The third kappa shape index (κ3) is 5.69. The second-order valence-corrected chi connectivity index (χ2v) is 10.5. The highest BCUT2D eigenvalue weighted by Crippen LogP contribution is 2.28. The molecule has 0 bridgehead atoms. The van der Waals surface area contributed by atoms with Crippen LogP contribution in [0.5, 0.6) is 11.5 Å². The average molecular weight is 490 g/mol. The van der Waals surface area contributed by atoms with Gasteiger partial charge in [-0.2, -0.15) is 0 Å². The zero-order chi connectivity index (χ0) is 23.4. The molecule has 33 heavy (non-hydrogen) atoms. The van der Waals surface area contributed by atoms with Crippen LogP contribution in [0.2, 0.25) is 5.02 Å². The second-order valence-electron chi connectivity index (χ2n) is 7.79. The third-order valence-electron chi connectivity index (χ3n) is 5.51. The van der Waals surface area contributed by atoms with E-state index in [4.69, 9.17) is 25.5 Å². The molecule has 3 aromatic rings. The quantitative estimate of drug-likeness (QED) is 0.471. The van der Waals surface area contributed by atoms with Crippen LogP contribution in [0, 0.1) is 0 Å². The summed E-state index contributed by atoms with van der Waals surface area (Å²) in [7, 11) is -1.66. The van der Waals surface area contributed by atoms with E-state index in [1.807, 2.05) is 18.2 Å². The van der Waals surface area contributed by atoms with Gasteiger partial charge in [0, 0.05) is 16.6 Å². The molecule has 0 N–H and O–H groups in total. The number of halogens is 1. The van der Waals surface area contributed by atoms with Crippen molar-refractivity contribution in [3.63, 3.8) is 0 Å². The van der Waals surface area contributed by atoms with Crippen molar-refractivity contribution in [3.05, 3.63) is 71.4 Å². The maximum Gasteiger partial charge on any atom is 0.261 e. The maximum atomic E-state index is 13.1. The number of hydrogen-bond acceptors (Lipinski definition) is 6. The number of furan rings is 1. The van der Waals surface area contributed by atoms with Crippen molar-refractivity contribution in [3.8, 4) is 22.8 Å². The molecule has 0 aliphatic carbocycles. The number of carbonyl (C=O) groups is 1. The number of benzene rings is 2. The third-order valence-corrected chi connectivity index (χ3v) is 7.51. The Morgan fingerprint density at radius 3 is 2.48 bits per heavy atom. The van der Waals surface area contributed by atoms with Crippen LogP contribution in [0.1, 0.15) is 12.2 Å². The molecule has 9 heteroatoms.